The number of thiazole rings is 1. The van der Waals surface area contributed by atoms with Gasteiger partial charge in [-0.3, -0.25) is 0 Å². The lowest BCUT2D eigenvalue weighted by atomic mass is 10.1. The minimum atomic E-state index is -0.712. The molecule has 0 bridgehead atoms. The third-order valence-electron chi connectivity index (χ3n) is 2.46. The molecule has 1 heterocycles. The van der Waals surface area contributed by atoms with Crippen molar-refractivity contribution in [2.24, 2.45) is 0 Å². The Morgan fingerprint density at radius 2 is 2.33 bits per heavy atom. The topological polar surface area (TPSA) is 48.4 Å². The zero-order valence-corrected chi connectivity index (χ0v) is 12.8. The van der Waals surface area contributed by atoms with Crippen molar-refractivity contribution in [1.82, 2.24) is 4.98 Å². The molecule has 1 aromatic heterocycles. The number of hydrogen-bond donors (Lipinski definition) is 0. The van der Waals surface area contributed by atoms with Gasteiger partial charge in [0.15, 0.2) is 3.92 Å². The second-order valence-corrected chi connectivity index (χ2v) is 6.22. The first-order valence-electron chi connectivity index (χ1n) is 4.97. The van der Waals surface area contributed by atoms with E-state index in [2.05, 4.69) is 25.7 Å². The molecule has 0 fully saturated rings. The molecule has 0 unspecified atom stereocenters. The molecule has 0 atom stereocenters. The maximum atomic E-state index is 11.0. The van der Waals surface area contributed by atoms with Crippen LogP contribution in [0.4, 0.5) is 4.79 Å². The molecular weight excluding hydrogens is 342 g/mol. The molecule has 4 nitrogen and oxygen atoms in total. The molecule has 0 saturated heterocycles. The molecular formula is C11H9BrClNO3S. The van der Waals surface area contributed by atoms with E-state index in [0.29, 0.717) is 5.02 Å². The van der Waals surface area contributed by atoms with Gasteiger partial charge in [0.1, 0.15) is 12.1 Å². The van der Waals surface area contributed by atoms with Crippen LogP contribution in [-0.4, -0.2) is 18.2 Å². The molecule has 1 aromatic carbocycles. The Balaban J connectivity index is 2.38. The lowest BCUT2D eigenvalue weighted by Gasteiger charge is -2.08. The van der Waals surface area contributed by atoms with Crippen molar-refractivity contribution in [2.45, 2.75) is 13.5 Å². The van der Waals surface area contributed by atoms with Crippen LogP contribution < -0.4 is 0 Å². The monoisotopic (exact) mass is 349 g/mol. The van der Waals surface area contributed by atoms with E-state index in [1.54, 1.807) is 0 Å². The Hall–Kier alpha value is -0.850. The second kappa shape index (κ2) is 5.42. The van der Waals surface area contributed by atoms with Crippen molar-refractivity contribution < 1.29 is 14.3 Å². The second-order valence-electron chi connectivity index (χ2n) is 3.53. The van der Waals surface area contributed by atoms with E-state index in [1.807, 2.05) is 13.0 Å². The fourth-order valence-electron chi connectivity index (χ4n) is 1.49. The average molecular weight is 351 g/mol. The van der Waals surface area contributed by atoms with Gasteiger partial charge in [-0.2, -0.15) is 0 Å². The Labute approximate surface area is 121 Å². The normalized spacial score (nSPS) is 10.7. The maximum absolute atomic E-state index is 11.0. The van der Waals surface area contributed by atoms with Gasteiger partial charge in [0.25, 0.3) is 0 Å². The molecule has 0 N–H and O–H groups in total. The van der Waals surface area contributed by atoms with Crippen molar-refractivity contribution in [3.8, 4) is 0 Å². The standard InChI is InChI=1S/C11H9BrClNO3S/c1-5-6(4-17-11(15)16-2)3-7-9(8(5)13)14-10(12)18-7/h3H,4H2,1-2H3. The summed E-state index contributed by atoms with van der Waals surface area (Å²) >= 11 is 11.0. The number of halogens is 2. The van der Waals surface area contributed by atoms with Crippen LogP contribution in [0.1, 0.15) is 11.1 Å². The van der Waals surface area contributed by atoms with E-state index in [0.717, 1.165) is 25.3 Å². The fourth-order valence-corrected chi connectivity index (χ4v) is 3.28. The summed E-state index contributed by atoms with van der Waals surface area (Å²) < 4.78 is 11.1. The number of aromatic nitrogens is 1. The summed E-state index contributed by atoms with van der Waals surface area (Å²) in [4.78, 5) is 15.3. The zero-order valence-electron chi connectivity index (χ0n) is 9.62. The molecule has 0 aliphatic carbocycles. The summed E-state index contributed by atoms with van der Waals surface area (Å²) in [7, 11) is 1.27. The van der Waals surface area contributed by atoms with Crippen molar-refractivity contribution >= 4 is 55.2 Å². The predicted molar refractivity (Wildman–Crippen MR) is 74.3 cm³/mol. The van der Waals surface area contributed by atoms with Crippen molar-refractivity contribution in [2.75, 3.05) is 7.11 Å². The van der Waals surface area contributed by atoms with E-state index >= 15 is 0 Å². The average Bonchev–Trinajstić information content (AvgIpc) is 2.72. The lowest BCUT2D eigenvalue weighted by molar-refractivity contribution is 0.0668. The van der Waals surface area contributed by atoms with Crippen LogP contribution in [0.3, 0.4) is 0 Å². The van der Waals surface area contributed by atoms with Crippen LogP contribution in [0.5, 0.6) is 0 Å². The maximum Gasteiger partial charge on any atom is 0.508 e. The van der Waals surface area contributed by atoms with Crippen molar-refractivity contribution in [3.63, 3.8) is 0 Å². The van der Waals surface area contributed by atoms with Gasteiger partial charge in [-0.05, 0) is 40.0 Å². The molecule has 0 spiro atoms. The fraction of sp³-hybridized carbons (Fsp3) is 0.273. The Morgan fingerprint density at radius 3 is 3.00 bits per heavy atom. The van der Waals surface area contributed by atoms with Gasteiger partial charge in [-0.15, -0.1) is 11.3 Å². The minimum Gasteiger partial charge on any atom is -0.438 e. The van der Waals surface area contributed by atoms with Crippen molar-refractivity contribution in [3.05, 3.63) is 26.1 Å². The first kappa shape index (κ1) is 13.6. The minimum absolute atomic E-state index is 0.129. The first-order chi connectivity index (χ1) is 8.52. The summed E-state index contributed by atoms with van der Waals surface area (Å²) in [5.74, 6) is 0. The van der Waals surface area contributed by atoms with Crippen LogP contribution in [0.25, 0.3) is 10.2 Å². The number of carbonyl (C=O) groups excluding carboxylic acids is 1. The largest absolute Gasteiger partial charge is 0.508 e. The van der Waals surface area contributed by atoms with Crippen LogP contribution in [-0.2, 0) is 16.1 Å². The van der Waals surface area contributed by atoms with Gasteiger partial charge >= 0.3 is 6.16 Å². The SMILES string of the molecule is COC(=O)OCc1cc2sc(Br)nc2c(Cl)c1C. The number of benzene rings is 1. The zero-order chi connectivity index (χ0) is 13.3. The summed E-state index contributed by atoms with van der Waals surface area (Å²) in [5, 5.41) is 0.581. The molecule has 0 amide bonds. The van der Waals surface area contributed by atoms with Gasteiger partial charge < -0.3 is 9.47 Å². The number of fused-ring (bicyclic) bond motifs is 1. The number of methoxy groups -OCH3 is 1. The van der Waals surface area contributed by atoms with Crippen LogP contribution >= 0.6 is 38.9 Å². The van der Waals surface area contributed by atoms with Gasteiger partial charge in [0.2, 0.25) is 0 Å². The number of ether oxygens (including phenoxy) is 2. The molecule has 2 aromatic rings. The predicted octanol–water partition coefficient (Wildman–Crippen LogP) is 4.30. The highest BCUT2D eigenvalue weighted by Crippen LogP contribution is 2.35. The third-order valence-corrected chi connectivity index (χ3v) is 4.38. The first-order valence-corrected chi connectivity index (χ1v) is 6.96. The number of nitrogens with zero attached hydrogens (tertiary/aromatic N) is 1. The smallest absolute Gasteiger partial charge is 0.438 e. The van der Waals surface area contributed by atoms with E-state index in [4.69, 9.17) is 16.3 Å². The van der Waals surface area contributed by atoms with Gasteiger partial charge in [0, 0.05) is 0 Å². The van der Waals surface area contributed by atoms with Gasteiger partial charge in [0.05, 0.1) is 16.8 Å². The van der Waals surface area contributed by atoms with Gasteiger partial charge in [-0.25, -0.2) is 9.78 Å². The highest BCUT2D eigenvalue weighted by molar-refractivity contribution is 9.11. The molecule has 0 aliphatic rings. The lowest BCUT2D eigenvalue weighted by Crippen LogP contribution is -2.05. The molecule has 7 heteroatoms. The summed E-state index contributed by atoms with van der Waals surface area (Å²) in [6.45, 7) is 1.99. The highest BCUT2D eigenvalue weighted by Gasteiger charge is 2.13. The molecule has 0 radical (unpaired) electrons. The molecule has 0 saturated carbocycles. The Bertz CT molecular complexity index is 614. The summed E-state index contributed by atoms with van der Waals surface area (Å²) in [6.07, 6.45) is -0.712. The van der Waals surface area contributed by atoms with Crippen LogP contribution in [0.15, 0.2) is 9.98 Å². The van der Waals surface area contributed by atoms with Crippen LogP contribution in [0.2, 0.25) is 5.02 Å². The van der Waals surface area contributed by atoms with Gasteiger partial charge in [-0.1, -0.05) is 11.6 Å². The molecule has 96 valence electrons. The number of carbonyl (C=O) groups is 1. The summed E-state index contributed by atoms with van der Waals surface area (Å²) in [5.41, 5.74) is 2.45. The van der Waals surface area contributed by atoms with Crippen molar-refractivity contribution in [1.29, 1.82) is 0 Å². The Kier molecular flexibility index (Phi) is 4.09. The molecule has 0 aliphatic heterocycles. The van der Waals surface area contributed by atoms with Crippen LogP contribution in [0, 0.1) is 6.92 Å². The van der Waals surface area contributed by atoms with E-state index in [-0.39, 0.29) is 6.61 Å². The third kappa shape index (κ3) is 2.60. The van der Waals surface area contributed by atoms with E-state index < -0.39 is 6.16 Å². The Morgan fingerprint density at radius 1 is 1.61 bits per heavy atom. The summed E-state index contributed by atoms with van der Waals surface area (Å²) in [6, 6.07) is 1.92. The number of rotatable bonds is 2. The quantitative estimate of drug-likeness (QED) is 0.758. The molecule has 2 rings (SSSR count). The number of hydrogen-bond acceptors (Lipinski definition) is 5. The molecule has 18 heavy (non-hydrogen) atoms. The highest BCUT2D eigenvalue weighted by atomic mass is 79.9. The van der Waals surface area contributed by atoms with E-state index in [9.17, 15) is 4.79 Å². The van der Waals surface area contributed by atoms with E-state index in [1.165, 1.54) is 18.4 Å².